The van der Waals surface area contributed by atoms with E-state index < -0.39 is 0 Å². The molecule has 1 N–H and O–H groups in total. The molecule has 1 aliphatic rings. The topological polar surface area (TPSA) is 81.0 Å². The number of halogens is 1. The van der Waals surface area contributed by atoms with Crippen LogP contribution in [0, 0.1) is 0 Å². The molecule has 2 aromatic heterocycles. The predicted molar refractivity (Wildman–Crippen MR) is 93.3 cm³/mol. The van der Waals surface area contributed by atoms with Gasteiger partial charge in [-0.25, -0.2) is 9.97 Å². The number of nitrogens with zero attached hydrogens (tertiary/aromatic N) is 6. The molecule has 1 fully saturated rings. The lowest BCUT2D eigenvalue weighted by Gasteiger charge is -2.28. The molecule has 1 aromatic carbocycles. The van der Waals surface area contributed by atoms with Crippen LogP contribution in [0.25, 0.3) is 16.9 Å². The summed E-state index contributed by atoms with van der Waals surface area (Å²) >= 11 is 0. The van der Waals surface area contributed by atoms with Crippen molar-refractivity contribution in [3.8, 4) is 11.4 Å². The number of fused-ring (bicyclic) bond motifs is 1. The number of benzene rings is 1. The van der Waals surface area contributed by atoms with Gasteiger partial charge in [0.05, 0.1) is 12.8 Å². The maximum absolute atomic E-state index is 5.27. The van der Waals surface area contributed by atoms with Gasteiger partial charge in [-0.2, -0.15) is 4.68 Å². The summed E-state index contributed by atoms with van der Waals surface area (Å²) in [5, 5.41) is 11.9. The number of methoxy groups -OCH3 is 1. The molecule has 9 heteroatoms. The summed E-state index contributed by atoms with van der Waals surface area (Å²) in [6.07, 6.45) is 1.57. The first-order valence-corrected chi connectivity index (χ1v) is 7.53. The van der Waals surface area contributed by atoms with Gasteiger partial charge in [-0.1, -0.05) is 11.3 Å². The van der Waals surface area contributed by atoms with Gasteiger partial charge in [0.25, 0.3) is 0 Å². The molecular weight excluding hydrogens is 330 g/mol. The van der Waals surface area contributed by atoms with Crippen molar-refractivity contribution >= 4 is 29.4 Å². The van der Waals surface area contributed by atoms with Crippen LogP contribution in [0.4, 0.5) is 5.82 Å². The van der Waals surface area contributed by atoms with Crippen LogP contribution in [0.1, 0.15) is 0 Å². The molecule has 126 valence electrons. The molecule has 0 spiro atoms. The van der Waals surface area contributed by atoms with Crippen molar-refractivity contribution in [3.05, 3.63) is 30.6 Å². The number of nitrogens with one attached hydrogen (secondary N) is 1. The van der Waals surface area contributed by atoms with Crippen LogP contribution in [0.3, 0.4) is 0 Å². The van der Waals surface area contributed by atoms with Gasteiger partial charge in [-0.05, 0) is 12.1 Å². The van der Waals surface area contributed by atoms with Crippen molar-refractivity contribution in [2.45, 2.75) is 0 Å². The average molecular weight is 348 g/mol. The van der Waals surface area contributed by atoms with E-state index in [0.29, 0.717) is 5.65 Å². The number of rotatable bonds is 3. The highest BCUT2D eigenvalue weighted by Crippen LogP contribution is 2.24. The molecule has 0 saturated carbocycles. The van der Waals surface area contributed by atoms with Gasteiger partial charge in [0.2, 0.25) is 0 Å². The summed E-state index contributed by atoms with van der Waals surface area (Å²) < 4.78 is 6.99. The molecule has 1 aliphatic heterocycles. The normalized spacial score (nSPS) is 14.5. The number of hydrogen-bond acceptors (Lipinski definition) is 7. The Bertz CT molecular complexity index is 832. The standard InChI is InChI=1S/C15H17N7O.ClH/c1-23-12-4-2-3-11(9-12)22-15-13(19-20-22)14(17-10-18-15)21-7-5-16-6-8-21;/h2-4,9-10,16H,5-8H2,1H3;1H. The van der Waals surface area contributed by atoms with Crippen LogP contribution < -0.4 is 15.0 Å². The summed E-state index contributed by atoms with van der Waals surface area (Å²) in [6, 6.07) is 7.66. The molecular formula is C15H18ClN7O. The lowest BCUT2D eigenvalue weighted by atomic mass is 10.3. The van der Waals surface area contributed by atoms with Gasteiger partial charge in [0.15, 0.2) is 17.0 Å². The SMILES string of the molecule is COc1cccc(-n2nnc3c(N4CCNCC4)ncnc32)c1.Cl. The molecule has 0 radical (unpaired) electrons. The predicted octanol–water partition coefficient (Wildman–Crippen LogP) is 1.05. The molecule has 3 aromatic rings. The first-order valence-electron chi connectivity index (χ1n) is 7.53. The fraction of sp³-hybridized carbons (Fsp3) is 0.333. The van der Waals surface area contributed by atoms with Crippen molar-refractivity contribution in [3.63, 3.8) is 0 Å². The number of piperazine rings is 1. The lowest BCUT2D eigenvalue weighted by Crippen LogP contribution is -2.44. The highest BCUT2D eigenvalue weighted by molar-refractivity contribution is 5.85. The Morgan fingerprint density at radius 2 is 2.00 bits per heavy atom. The van der Waals surface area contributed by atoms with E-state index in [9.17, 15) is 0 Å². The third-order valence-electron chi connectivity index (χ3n) is 3.93. The summed E-state index contributed by atoms with van der Waals surface area (Å²) in [5.74, 6) is 1.60. The summed E-state index contributed by atoms with van der Waals surface area (Å²) in [7, 11) is 1.64. The molecule has 8 nitrogen and oxygen atoms in total. The summed E-state index contributed by atoms with van der Waals surface area (Å²) in [5.41, 5.74) is 2.27. The quantitative estimate of drug-likeness (QED) is 0.758. The van der Waals surface area contributed by atoms with Crippen molar-refractivity contribution in [2.75, 3.05) is 38.2 Å². The molecule has 0 aliphatic carbocycles. The first kappa shape index (κ1) is 16.4. The second-order valence-corrected chi connectivity index (χ2v) is 5.31. The molecule has 0 unspecified atom stereocenters. The summed E-state index contributed by atoms with van der Waals surface area (Å²) in [6.45, 7) is 3.68. The van der Waals surface area contributed by atoms with Gasteiger partial charge in [-0.3, -0.25) is 0 Å². The van der Waals surface area contributed by atoms with Crippen molar-refractivity contribution in [2.24, 2.45) is 0 Å². The zero-order valence-electron chi connectivity index (χ0n) is 13.2. The largest absolute Gasteiger partial charge is 0.497 e. The minimum absolute atomic E-state index is 0. The van der Waals surface area contributed by atoms with E-state index in [2.05, 4.69) is 30.5 Å². The van der Waals surface area contributed by atoms with Gasteiger partial charge in [0.1, 0.15) is 12.1 Å². The van der Waals surface area contributed by atoms with E-state index in [1.54, 1.807) is 18.1 Å². The van der Waals surface area contributed by atoms with Crippen LogP contribution in [0.15, 0.2) is 30.6 Å². The van der Waals surface area contributed by atoms with E-state index in [0.717, 1.165) is 49.0 Å². The third-order valence-corrected chi connectivity index (χ3v) is 3.93. The van der Waals surface area contributed by atoms with Crippen molar-refractivity contribution < 1.29 is 4.74 Å². The molecule has 0 bridgehead atoms. The van der Waals surface area contributed by atoms with Crippen molar-refractivity contribution in [1.82, 2.24) is 30.3 Å². The first-order chi connectivity index (χ1) is 11.4. The lowest BCUT2D eigenvalue weighted by molar-refractivity contribution is 0.414. The maximum atomic E-state index is 5.27. The van der Waals surface area contributed by atoms with E-state index in [1.807, 2.05) is 24.3 Å². The van der Waals surface area contributed by atoms with E-state index in [4.69, 9.17) is 4.74 Å². The zero-order chi connectivity index (χ0) is 15.6. The Balaban J connectivity index is 0.00000169. The summed E-state index contributed by atoms with van der Waals surface area (Å²) in [4.78, 5) is 11.0. The fourth-order valence-corrected chi connectivity index (χ4v) is 2.76. The monoisotopic (exact) mass is 347 g/mol. The maximum Gasteiger partial charge on any atom is 0.189 e. The Morgan fingerprint density at radius 3 is 2.79 bits per heavy atom. The molecule has 0 atom stereocenters. The van der Waals surface area contributed by atoms with E-state index >= 15 is 0 Å². The van der Waals surface area contributed by atoms with E-state index in [-0.39, 0.29) is 12.4 Å². The highest BCUT2D eigenvalue weighted by atomic mass is 35.5. The van der Waals surface area contributed by atoms with E-state index in [1.165, 1.54) is 0 Å². The number of ether oxygens (including phenoxy) is 1. The molecule has 3 heterocycles. The van der Waals surface area contributed by atoms with Crippen molar-refractivity contribution in [1.29, 1.82) is 0 Å². The minimum Gasteiger partial charge on any atom is -0.497 e. The third kappa shape index (κ3) is 2.85. The fourth-order valence-electron chi connectivity index (χ4n) is 2.76. The van der Waals surface area contributed by atoms with Gasteiger partial charge in [-0.15, -0.1) is 17.5 Å². The molecule has 24 heavy (non-hydrogen) atoms. The number of anilines is 1. The Morgan fingerprint density at radius 1 is 1.17 bits per heavy atom. The molecule has 1 saturated heterocycles. The Hall–Kier alpha value is -2.45. The average Bonchev–Trinajstić information content (AvgIpc) is 3.06. The molecule has 4 rings (SSSR count). The zero-order valence-corrected chi connectivity index (χ0v) is 14.0. The van der Waals surface area contributed by atoms with Crippen LogP contribution in [0.5, 0.6) is 5.75 Å². The second kappa shape index (κ2) is 6.98. The Kier molecular flexibility index (Phi) is 4.77. The Labute approximate surface area is 145 Å². The van der Waals surface area contributed by atoms with Gasteiger partial charge in [0, 0.05) is 32.2 Å². The van der Waals surface area contributed by atoms with Crippen LogP contribution in [-0.4, -0.2) is 58.3 Å². The minimum atomic E-state index is 0. The smallest absolute Gasteiger partial charge is 0.189 e. The van der Waals surface area contributed by atoms with Gasteiger partial charge < -0.3 is 15.0 Å². The number of hydrogen-bond donors (Lipinski definition) is 1. The number of aromatic nitrogens is 5. The van der Waals surface area contributed by atoms with Crippen LogP contribution >= 0.6 is 12.4 Å². The highest BCUT2D eigenvalue weighted by Gasteiger charge is 2.19. The molecule has 0 amide bonds. The van der Waals surface area contributed by atoms with Gasteiger partial charge >= 0.3 is 0 Å². The second-order valence-electron chi connectivity index (χ2n) is 5.31. The van der Waals surface area contributed by atoms with Crippen LogP contribution in [0.2, 0.25) is 0 Å². The van der Waals surface area contributed by atoms with Crippen LogP contribution in [-0.2, 0) is 0 Å².